The summed E-state index contributed by atoms with van der Waals surface area (Å²) >= 11 is 0. The lowest BCUT2D eigenvalue weighted by molar-refractivity contribution is 0.467. The lowest BCUT2D eigenvalue weighted by Gasteiger charge is -2.13. The summed E-state index contributed by atoms with van der Waals surface area (Å²) in [6, 6.07) is 7.37. The highest BCUT2D eigenvalue weighted by atomic mass is 32.2. The average molecular weight is 394 g/mol. The molecule has 2 aromatic rings. The van der Waals surface area contributed by atoms with Crippen LogP contribution in [-0.4, -0.2) is 38.9 Å². The fourth-order valence-electron chi connectivity index (χ4n) is 2.11. The molecule has 130 valence electrons. The van der Waals surface area contributed by atoms with Gasteiger partial charge in [-0.15, -0.1) is 0 Å². The Morgan fingerprint density at radius 3 is 1.50 bits per heavy atom. The molecule has 0 aliphatic rings. The molecule has 0 aliphatic heterocycles. The van der Waals surface area contributed by atoms with E-state index in [9.17, 15) is 34.4 Å². The van der Waals surface area contributed by atoms with E-state index >= 15 is 0 Å². The lowest BCUT2D eigenvalue weighted by atomic mass is 10.1. The Kier molecular flexibility index (Phi) is 4.56. The van der Waals surface area contributed by atoms with Gasteiger partial charge < -0.3 is 0 Å². The molecule has 0 heterocycles. The van der Waals surface area contributed by atoms with Gasteiger partial charge in [0, 0.05) is 11.1 Å². The van der Waals surface area contributed by atoms with Crippen LogP contribution in [0.15, 0.2) is 57.2 Å². The molecule has 12 heteroatoms. The average Bonchev–Trinajstić information content (AvgIpc) is 2.44. The Balaban J connectivity index is 3.05. The molecule has 0 aromatic heterocycles. The molecule has 3 N–H and O–H groups in total. The quantitative estimate of drug-likeness (QED) is 0.644. The van der Waals surface area contributed by atoms with Crippen molar-refractivity contribution < 1.29 is 38.9 Å². The molecule has 0 radical (unpaired) electrons. The van der Waals surface area contributed by atoms with Crippen molar-refractivity contribution in [2.75, 3.05) is 0 Å². The Bertz CT molecular complexity index is 1110. The number of hydrogen-bond donors (Lipinski definition) is 3. The summed E-state index contributed by atoms with van der Waals surface area (Å²) in [6.45, 7) is 0. The van der Waals surface area contributed by atoms with Crippen LogP contribution in [0.4, 0.5) is 0 Å². The lowest BCUT2D eigenvalue weighted by Crippen LogP contribution is -2.11. The fraction of sp³-hybridized carbons (Fsp3) is 0. The van der Waals surface area contributed by atoms with Gasteiger partial charge in [-0.25, -0.2) is 0 Å². The normalized spacial score (nSPS) is 13.0. The van der Waals surface area contributed by atoms with E-state index in [1.54, 1.807) is 0 Å². The zero-order valence-corrected chi connectivity index (χ0v) is 14.0. The van der Waals surface area contributed by atoms with E-state index in [0.29, 0.717) is 0 Å². The monoisotopic (exact) mass is 394 g/mol. The first-order valence-corrected chi connectivity index (χ1v) is 10.3. The van der Waals surface area contributed by atoms with Crippen LogP contribution in [0.2, 0.25) is 0 Å². The van der Waals surface area contributed by atoms with Crippen molar-refractivity contribution in [2.24, 2.45) is 0 Å². The largest absolute Gasteiger partial charge is 0.296 e. The van der Waals surface area contributed by atoms with Gasteiger partial charge in [0.05, 0.1) is 0 Å². The number of benzene rings is 2. The van der Waals surface area contributed by atoms with Gasteiger partial charge in [-0.1, -0.05) is 30.3 Å². The van der Waals surface area contributed by atoms with E-state index in [-0.39, 0.29) is 5.56 Å². The third kappa shape index (κ3) is 3.63. The maximum Gasteiger partial charge on any atom is 0.296 e. The summed E-state index contributed by atoms with van der Waals surface area (Å²) in [6.07, 6.45) is 0. The van der Waals surface area contributed by atoms with Gasteiger partial charge >= 0.3 is 0 Å². The highest BCUT2D eigenvalue weighted by molar-refractivity contribution is 7.89. The summed E-state index contributed by atoms with van der Waals surface area (Å²) < 4.78 is 96.7. The van der Waals surface area contributed by atoms with Gasteiger partial charge in [0.15, 0.2) is 0 Å². The Morgan fingerprint density at radius 1 is 0.542 bits per heavy atom. The Morgan fingerprint density at radius 2 is 1.00 bits per heavy atom. The van der Waals surface area contributed by atoms with E-state index < -0.39 is 50.6 Å². The summed E-state index contributed by atoms with van der Waals surface area (Å²) in [7, 11) is -15.0. The summed E-state index contributed by atoms with van der Waals surface area (Å²) in [4.78, 5) is -3.04. The minimum absolute atomic E-state index is 0.377. The zero-order valence-electron chi connectivity index (χ0n) is 11.6. The van der Waals surface area contributed by atoms with Gasteiger partial charge in [0.1, 0.15) is 14.7 Å². The van der Waals surface area contributed by atoms with Crippen LogP contribution < -0.4 is 0 Å². The third-order valence-electron chi connectivity index (χ3n) is 2.97. The first kappa shape index (κ1) is 18.5. The SMILES string of the molecule is O=S(=O)(O)c1ccccc1-c1cccc(S(=O)(=O)O)c1S(=O)(=O)O. The molecule has 2 rings (SSSR count). The van der Waals surface area contributed by atoms with Crippen LogP contribution in [0, 0.1) is 0 Å². The van der Waals surface area contributed by atoms with Crippen molar-refractivity contribution in [1.29, 1.82) is 0 Å². The smallest absolute Gasteiger partial charge is 0.282 e. The molecule has 0 saturated heterocycles. The van der Waals surface area contributed by atoms with Crippen LogP contribution in [0.5, 0.6) is 0 Å². The second-order valence-electron chi connectivity index (χ2n) is 4.55. The molecule has 2 aromatic carbocycles. The minimum atomic E-state index is -5.17. The Labute approximate surface area is 137 Å². The number of hydrogen-bond acceptors (Lipinski definition) is 6. The van der Waals surface area contributed by atoms with Crippen molar-refractivity contribution in [3.8, 4) is 11.1 Å². The summed E-state index contributed by atoms with van der Waals surface area (Å²) in [5.74, 6) is 0. The molecule has 9 nitrogen and oxygen atoms in total. The van der Waals surface area contributed by atoms with Gasteiger partial charge in [0.2, 0.25) is 0 Å². The van der Waals surface area contributed by atoms with E-state index in [1.807, 2.05) is 0 Å². The van der Waals surface area contributed by atoms with Gasteiger partial charge in [-0.3, -0.25) is 13.7 Å². The predicted octanol–water partition coefficient (Wildman–Crippen LogP) is 1.09. The number of rotatable bonds is 4. The topological polar surface area (TPSA) is 163 Å². The second kappa shape index (κ2) is 5.91. The molecule has 0 atom stereocenters. The molecular formula is C12H10O9S3. The van der Waals surface area contributed by atoms with E-state index in [1.165, 1.54) is 12.1 Å². The van der Waals surface area contributed by atoms with Crippen molar-refractivity contribution in [2.45, 2.75) is 14.7 Å². The van der Waals surface area contributed by atoms with Crippen LogP contribution >= 0.6 is 0 Å². The summed E-state index contributed by atoms with van der Waals surface area (Å²) in [5.41, 5.74) is -0.904. The van der Waals surface area contributed by atoms with Crippen molar-refractivity contribution >= 4 is 30.4 Å². The summed E-state index contributed by atoms with van der Waals surface area (Å²) in [5, 5.41) is 0. The fourth-order valence-corrected chi connectivity index (χ4v) is 4.82. The van der Waals surface area contributed by atoms with Crippen LogP contribution in [0.1, 0.15) is 0 Å². The first-order chi connectivity index (χ1) is 10.8. The van der Waals surface area contributed by atoms with E-state index in [0.717, 1.165) is 30.3 Å². The van der Waals surface area contributed by atoms with Crippen molar-refractivity contribution in [3.05, 3.63) is 42.5 Å². The molecule has 24 heavy (non-hydrogen) atoms. The molecule has 0 amide bonds. The molecule has 0 unspecified atom stereocenters. The van der Waals surface area contributed by atoms with Crippen LogP contribution in [0.3, 0.4) is 0 Å². The molecule has 0 saturated carbocycles. The van der Waals surface area contributed by atoms with Crippen molar-refractivity contribution in [1.82, 2.24) is 0 Å². The second-order valence-corrected chi connectivity index (χ2v) is 8.69. The molecule has 0 aliphatic carbocycles. The highest BCUT2D eigenvalue weighted by Gasteiger charge is 2.29. The molecule has 0 spiro atoms. The highest BCUT2D eigenvalue weighted by Crippen LogP contribution is 2.35. The minimum Gasteiger partial charge on any atom is -0.282 e. The van der Waals surface area contributed by atoms with Gasteiger partial charge in [-0.2, -0.15) is 25.3 Å². The van der Waals surface area contributed by atoms with Gasteiger partial charge in [0.25, 0.3) is 30.4 Å². The third-order valence-corrected chi connectivity index (χ3v) is 5.86. The maximum atomic E-state index is 11.6. The maximum absolute atomic E-state index is 11.6. The molecule has 0 bridgehead atoms. The molecular weight excluding hydrogens is 384 g/mol. The zero-order chi connectivity index (χ0) is 18.3. The van der Waals surface area contributed by atoms with E-state index in [4.69, 9.17) is 4.55 Å². The predicted molar refractivity (Wildman–Crippen MR) is 81.3 cm³/mol. The standard InChI is InChI=1S/C12H10O9S3/c13-22(14,15)10-6-2-1-4-8(10)9-5-3-7-11(23(16,17)18)12(9)24(19,20)21/h1-7H,(H,13,14,15)(H,16,17,18)(H,19,20,21). The Hall–Kier alpha value is -1.83. The first-order valence-electron chi connectivity index (χ1n) is 5.98. The van der Waals surface area contributed by atoms with Crippen molar-refractivity contribution in [3.63, 3.8) is 0 Å². The van der Waals surface area contributed by atoms with Gasteiger partial charge in [-0.05, 0) is 12.1 Å². The van der Waals surface area contributed by atoms with E-state index in [2.05, 4.69) is 0 Å². The van der Waals surface area contributed by atoms with Crippen LogP contribution in [-0.2, 0) is 30.4 Å². The molecule has 0 fully saturated rings. The van der Waals surface area contributed by atoms with Crippen LogP contribution in [0.25, 0.3) is 11.1 Å².